The number of carbonyl (C=O) groups excluding carboxylic acids is 1. The fourth-order valence-corrected chi connectivity index (χ4v) is 4.45. The normalized spacial score (nSPS) is 14.1. The molecule has 0 atom stereocenters. The van der Waals surface area contributed by atoms with Gasteiger partial charge in [0.25, 0.3) is 0 Å². The first-order valence-electron chi connectivity index (χ1n) is 12.1. The molecule has 0 aliphatic carbocycles. The van der Waals surface area contributed by atoms with E-state index in [1.807, 2.05) is 30.0 Å². The second-order valence-corrected chi connectivity index (χ2v) is 9.38. The van der Waals surface area contributed by atoms with Gasteiger partial charge in [0, 0.05) is 49.5 Å². The van der Waals surface area contributed by atoms with E-state index in [0.717, 1.165) is 55.5 Å². The zero-order valence-electron chi connectivity index (χ0n) is 21.0. The van der Waals surface area contributed by atoms with Gasteiger partial charge in [-0.15, -0.1) is 0 Å². The first kappa shape index (κ1) is 23.7. The molecule has 0 saturated carbocycles. The van der Waals surface area contributed by atoms with Crippen molar-refractivity contribution in [2.45, 2.75) is 47.5 Å². The van der Waals surface area contributed by atoms with Crippen LogP contribution in [0, 0.1) is 34.6 Å². The van der Waals surface area contributed by atoms with Crippen LogP contribution in [0.25, 0.3) is 0 Å². The number of benzene rings is 2. The lowest BCUT2D eigenvalue weighted by Crippen LogP contribution is -2.38. The second-order valence-electron chi connectivity index (χ2n) is 9.38. The third-order valence-corrected chi connectivity index (χ3v) is 6.65. The van der Waals surface area contributed by atoms with Gasteiger partial charge in [-0.1, -0.05) is 35.9 Å². The van der Waals surface area contributed by atoms with Crippen LogP contribution >= 0.6 is 0 Å². The quantitative estimate of drug-likeness (QED) is 0.573. The van der Waals surface area contributed by atoms with Crippen LogP contribution in [0.3, 0.4) is 0 Å². The van der Waals surface area contributed by atoms with Crippen LogP contribution in [-0.4, -0.2) is 47.1 Å². The van der Waals surface area contributed by atoms with Crippen LogP contribution in [0.5, 0.6) is 0 Å². The predicted molar refractivity (Wildman–Crippen MR) is 139 cm³/mol. The Morgan fingerprint density at radius 2 is 1.65 bits per heavy atom. The Balaban J connectivity index is 1.49. The number of nitrogens with one attached hydrogen (secondary N) is 1. The van der Waals surface area contributed by atoms with Crippen molar-refractivity contribution in [2.24, 2.45) is 0 Å². The summed E-state index contributed by atoms with van der Waals surface area (Å²) in [6.07, 6.45) is 1.70. The number of anilines is 2. The summed E-state index contributed by atoms with van der Waals surface area (Å²) in [7, 11) is 0. The minimum absolute atomic E-state index is 0.0416. The average molecular weight is 458 g/mol. The lowest BCUT2D eigenvalue weighted by Gasteiger charge is -2.26. The first-order valence-corrected chi connectivity index (χ1v) is 12.1. The van der Waals surface area contributed by atoms with Crippen molar-refractivity contribution in [2.75, 3.05) is 36.4 Å². The van der Waals surface area contributed by atoms with E-state index in [9.17, 15) is 4.79 Å². The molecule has 1 aliphatic heterocycles. The maximum absolute atomic E-state index is 13.0. The number of aryl methyl sites for hydroxylation is 5. The molecule has 2 amide bonds. The Morgan fingerprint density at radius 3 is 2.38 bits per heavy atom. The van der Waals surface area contributed by atoms with Crippen molar-refractivity contribution in [3.05, 3.63) is 81.8 Å². The number of hydrogen-bond acceptors (Lipinski definition) is 4. The van der Waals surface area contributed by atoms with Gasteiger partial charge in [0.05, 0.1) is 0 Å². The van der Waals surface area contributed by atoms with Crippen LogP contribution < -0.4 is 10.2 Å². The van der Waals surface area contributed by atoms with Gasteiger partial charge in [-0.05, 0) is 69.9 Å². The number of nitrogens with zero attached hydrogens (tertiary/aromatic N) is 4. The van der Waals surface area contributed by atoms with Gasteiger partial charge in [-0.2, -0.15) is 0 Å². The van der Waals surface area contributed by atoms with Gasteiger partial charge in [0.2, 0.25) is 0 Å². The van der Waals surface area contributed by atoms with Crippen molar-refractivity contribution < 1.29 is 4.79 Å². The minimum atomic E-state index is -0.0416. The fraction of sp³-hybridized carbons (Fsp3) is 0.393. The molecule has 1 aromatic heterocycles. The second kappa shape index (κ2) is 10.2. The molecule has 0 radical (unpaired) electrons. The molecule has 34 heavy (non-hydrogen) atoms. The van der Waals surface area contributed by atoms with Crippen molar-refractivity contribution >= 4 is 17.5 Å². The van der Waals surface area contributed by atoms with Crippen LogP contribution in [0.4, 0.5) is 16.3 Å². The van der Waals surface area contributed by atoms with Gasteiger partial charge < -0.3 is 15.1 Å². The maximum atomic E-state index is 13.0. The van der Waals surface area contributed by atoms with Crippen LogP contribution in [0.2, 0.25) is 0 Å². The summed E-state index contributed by atoms with van der Waals surface area (Å²) in [6.45, 7) is 13.3. The highest BCUT2D eigenvalue weighted by molar-refractivity contribution is 5.89. The van der Waals surface area contributed by atoms with Crippen molar-refractivity contribution in [3.63, 3.8) is 0 Å². The molecular formula is C28H35N5O. The van der Waals surface area contributed by atoms with Crippen molar-refractivity contribution in [1.82, 2.24) is 14.9 Å². The molecule has 0 spiro atoms. The number of carbonyl (C=O) groups is 1. The summed E-state index contributed by atoms with van der Waals surface area (Å²) in [5.41, 5.74) is 7.95. The fourth-order valence-electron chi connectivity index (χ4n) is 4.45. The van der Waals surface area contributed by atoms with E-state index in [1.165, 1.54) is 27.8 Å². The summed E-state index contributed by atoms with van der Waals surface area (Å²) in [4.78, 5) is 26.7. The van der Waals surface area contributed by atoms with Crippen LogP contribution in [-0.2, 0) is 6.42 Å². The van der Waals surface area contributed by atoms with Crippen molar-refractivity contribution in [1.29, 1.82) is 0 Å². The predicted octanol–water partition coefficient (Wildman–Crippen LogP) is 5.35. The summed E-state index contributed by atoms with van der Waals surface area (Å²) >= 11 is 0. The van der Waals surface area contributed by atoms with Gasteiger partial charge in [0.15, 0.2) is 0 Å². The zero-order chi connectivity index (χ0) is 24.2. The molecule has 0 bridgehead atoms. The molecule has 178 valence electrons. The molecule has 2 aromatic carbocycles. The third kappa shape index (κ3) is 5.56. The Morgan fingerprint density at radius 1 is 0.882 bits per heavy atom. The van der Waals surface area contributed by atoms with Gasteiger partial charge in [-0.3, -0.25) is 0 Å². The van der Waals surface area contributed by atoms with E-state index in [-0.39, 0.29) is 6.03 Å². The van der Waals surface area contributed by atoms with E-state index >= 15 is 0 Å². The third-order valence-electron chi connectivity index (χ3n) is 6.65. The van der Waals surface area contributed by atoms with E-state index in [0.29, 0.717) is 6.54 Å². The van der Waals surface area contributed by atoms with Crippen LogP contribution in [0.15, 0.2) is 42.5 Å². The average Bonchev–Trinajstić information content (AvgIpc) is 3.06. The summed E-state index contributed by atoms with van der Waals surface area (Å²) in [5.74, 6) is 1.79. The molecule has 6 nitrogen and oxygen atoms in total. The van der Waals surface area contributed by atoms with E-state index in [1.54, 1.807) is 0 Å². The summed E-state index contributed by atoms with van der Waals surface area (Å²) < 4.78 is 0. The molecule has 1 fully saturated rings. The first-order chi connectivity index (χ1) is 16.3. The lowest BCUT2D eigenvalue weighted by atomic mass is 10.0. The number of amides is 2. The molecule has 3 aromatic rings. The topological polar surface area (TPSA) is 61.4 Å². The Kier molecular flexibility index (Phi) is 7.15. The number of urea groups is 1. The molecular weight excluding hydrogens is 422 g/mol. The number of aromatic nitrogens is 2. The standard InChI is InChI=1S/C28H35N5O/c1-19-7-10-24(11-8-19)18-26-22(4)29-23(5)30-27(26)32-13-6-14-33(16-15-32)28(34)31-25-12-9-20(2)21(3)17-25/h7-12,17H,6,13-16,18H2,1-5H3,(H,31,34). The molecule has 1 aliphatic rings. The highest BCUT2D eigenvalue weighted by Crippen LogP contribution is 2.25. The molecule has 0 unspecified atom stereocenters. The molecule has 6 heteroatoms. The Labute approximate surface area is 203 Å². The van der Waals surface area contributed by atoms with Crippen LogP contribution in [0.1, 0.15) is 45.8 Å². The SMILES string of the molecule is Cc1ccc(Cc2c(C)nc(C)nc2N2CCCN(C(=O)Nc3ccc(C)c(C)c3)CC2)cc1. The Hall–Kier alpha value is -3.41. The Bertz CT molecular complexity index is 1170. The molecule has 2 heterocycles. The zero-order valence-corrected chi connectivity index (χ0v) is 21.0. The van der Waals surface area contributed by atoms with E-state index in [2.05, 4.69) is 67.2 Å². The maximum Gasteiger partial charge on any atom is 0.321 e. The molecule has 4 rings (SSSR count). The summed E-state index contributed by atoms with van der Waals surface area (Å²) in [5, 5.41) is 3.07. The monoisotopic (exact) mass is 457 g/mol. The lowest BCUT2D eigenvalue weighted by molar-refractivity contribution is 0.215. The van der Waals surface area contributed by atoms with Gasteiger partial charge in [-0.25, -0.2) is 14.8 Å². The summed E-state index contributed by atoms with van der Waals surface area (Å²) in [6, 6.07) is 14.7. The minimum Gasteiger partial charge on any atom is -0.354 e. The molecule has 1 saturated heterocycles. The highest BCUT2D eigenvalue weighted by Gasteiger charge is 2.23. The highest BCUT2D eigenvalue weighted by atomic mass is 16.2. The van der Waals surface area contributed by atoms with Gasteiger partial charge in [0.1, 0.15) is 11.6 Å². The van der Waals surface area contributed by atoms with Gasteiger partial charge >= 0.3 is 6.03 Å². The van der Waals surface area contributed by atoms with E-state index < -0.39 is 0 Å². The van der Waals surface area contributed by atoms with Crippen molar-refractivity contribution in [3.8, 4) is 0 Å². The largest absolute Gasteiger partial charge is 0.354 e. The van der Waals surface area contributed by atoms with E-state index in [4.69, 9.17) is 4.98 Å². The smallest absolute Gasteiger partial charge is 0.321 e. The number of rotatable bonds is 4. The molecule has 1 N–H and O–H groups in total. The number of hydrogen-bond donors (Lipinski definition) is 1.